The molecule has 0 unspecified atom stereocenters. The summed E-state index contributed by atoms with van der Waals surface area (Å²) < 4.78 is 0. The second-order valence-corrected chi connectivity index (χ2v) is 12.3. The molecule has 4 rings (SSSR count). The monoisotopic (exact) mass is 418 g/mol. The van der Waals surface area contributed by atoms with Gasteiger partial charge in [-0.05, 0) is 111 Å². The van der Waals surface area contributed by atoms with Gasteiger partial charge in [-0.3, -0.25) is 0 Å². The number of hydrogen-bond donors (Lipinski definition) is 2. The first-order valence-corrected chi connectivity index (χ1v) is 13.0. The normalized spacial score (nSPS) is 51.6. The van der Waals surface area contributed by atoms with E-state index in [2.05, 4.69) is 27.7 Å². The Morgan fingerprint density at radius 3 is 2.33 bits per heavy atom. The Balaban J connectivity index is 1.61. The van der Waals surface area contributed by atoms with Crippen molar-refractivity contribution in [3.05, 3.63) is 0 Å². The quantitative estimate of drug-likeness (QED) is 0.609. The highest BCUT2D eigenvalue weighted by molar-refractivity contribution is 5.75. The number of Topliss-reactive ketones (excluding diaryl/α,β-unsaturated/α-hetero) is 1. The van der Waals surface area contributed by atoms with Gasteiger partial charge in [0.05, 0.1) is 12.2 Å². The Morgan fingerprint density at radius 2 is 1.67 bits per heavy atom. The fourth-order valence-electron chi connectivity index (χ4n) is 9.56. The van der Waals surface area contributed by atoms with Gasteiger partial charge in [-0.25, -0.2) is 0 Å². The van der Waals surface area contributed by atoms with E-state index in [1.54, 1.807) is 6.92 Å². The van der Waals surface area contributed by atoms with E-state index in [0.717, 1.165) is 32.1 Å². The molecule has 172 valence electrons. The first-order valence-electron chi connectivity index (χ1n) is 13.0. The molecule has 0 spiro atoms. The van der Waals surface area contributed by atoms with Crippen LogP contribution in [0.5, 0.6) is 0 Å². The highest BCUT2D eigenvalue weighted by Crippen LogP contribution is 2.69. The molecule has 0 heterocycles. The van der Waals surface area contributed by atoms with Gasteiger partial charge >= 0.3 is 0 Å². The van der Waals surface area contributed by atoms with Crippen LogP contribution in [0.2, 0.25) is 0 Å². The van der Waals surface area contributed by atoms with Gasteiger partial charge < -0.3 is 15.0 Å². The maximum Gasteiger partial charge on any atom is 0.129 e. The molecule has 3 heteroatoms. The summed E-state index contributed by atoms with van der Waals surface area (Å²) in [6, 6.07) is 0. The second-order valence-electron chi connectivity index (χ2n) is 12.3. The summed E-state index contributed by atoms with van der Waals surface area (Å²) in [6.45, 7) is 11.4. The van der Waals surface area contributed by atoms with Gasteiger partial charge in [0, 0.05) is 6.42 Å². The van der Waals surface area contributed by atoms with Crippen LogP contribution in [0.3, 0.4) is 0 Å². The van der Waals surface area contributed by atoms with Crippen LogP contribution < -0.4 is 0 Å². The van der Waals surface area contributed by atoms with Crippen molar-refractivity contribution < 1.29 is 15.0 Å². The molecule has 0 bridgehead atoms. The summed E-state index contributed by atoms with van der Waals surface area (Å²) in [5, 5.41) is 22.2. The molecule has 4 aliphatic rings. The lowest BCUT2D eigenvalue weighted by atomic mass is 9.41. The van der Waals surface area contributed by atoms with Crippen molar-refractivity contribution in [2.75, 3.05) is 0 Å². The van der Waals surface area contributed by atoms with Crippen LogP contribution in [0, 0.1) is 52.3 Å². The second kappa shape index (κ2) is 8.18. The summed E-state index contributed by atoms with van der Waals surface area (Å²) in [7, 11) is 0. The van der Waals surface area contributed by atoms with E-state index in [1.165, 1.54) is 25.7 Å². The average molecular weight is 419 g/mol. The van der Waals surface area contributed by atoms with Crippen LogP contribution in [0.1, 0.15) is 98.8 Å². The van der Waals surface area contributed by atoms with Gasteiger partial charge in [0.2, 0.25) is 0 Å². The number of carbonyl (C=O) groups is 1. The summed E-state index contributed by atoms with van der Waals surface area (Å²) >= 11 is 0. The molecule has 3 nitrogen and oxygen atoms in total. The van der Waals surface area contributed by atoms with Crippen molar-refractivity contribution >= 4 is 5.78 Å². The lowest BCUT2D eigenvalue weighted by molar-refractivity contribution is -0.203. The van der Waals surface area contributed by atoms with Gasteiger partial charge in [-0.2, -0.15) is 0 Å². The fraction of sp³-hybridized carbons (Fsp3) is 0.963. The third-order valence-corrected chi connectivity index (χ3v) is 11.1. The Morgan fingerprint density at radius 1 is 1.00 bits per heavy atom. The van der Waals surface area contributed by atoms with Crippen LogP contribution in [-0.2, 0) is 4.79 Å². The lowest BCUT2D eigenvalue weighted by Crippen LogP contribution is -2.62. The van der Waals surface area contributed by atoms with Crippen LogP contribution in [0.4, 0.5) is 0 Å². The number of fused-ring (bicyclic) bond motifs is 5. The smallest absolute Gasteiger partial charge is 0.129 e. The fourth-order valence-corrected chi connectivity index (χ4v) is 9.56. The van der Waals surface area contributed by atoms with E-state index < -0.39 is 0 Å². The first-order chi connectivity index (χ1) is 14.1. The Labute approximate surface area is 184 Å². The maximum absolute atomic E-state index is 11.7. The van der Waals surface area contributed by atoms with Crippen LogP contribution in [0.25, 0.3) is 0 Å². The minimum atomic E-state index is -0.209. The molecule has 4 fully saturated rings. The molecular formula is C27H46O3. The molecule has 0 amide bonds. The minimum absolute atomic E-state index is 0.173. The number of aliphatic hydroxyl groups is 2. The zero-order valence-electron chi connectivity index (χ0n) is 20.1. The van der Waals surface area contributed by atoms with Crippen molar-refractivity contribution in [1.29, 1.82) is 0 Å². The van der Waals surface area contributed by atoms with E-state index in [1.807, 2.05) is 0 Å². The van der Waals surface area contributed by atoms with Gasteiger partial charge in [0.15, 0.2) is 0 Å². The van der Waals surface area contributed by atoms with Crippen LogP contribution in [0.15, 0.2) is 0 Å². The Hall–Kier alpha value is -0.410. The topological polar surface area (TPSA) is 57.5 Å². The Bertz CT molecular complexity index is 646. The van der Waals surface area contributed by atoms with E-state index in [0.29, 0.717) is 59.0 Å². The first kappa shape index (κ1) is 22.8. The number of ketones is 1. The van der Waals surface area contributed by atoms with E-state index in [9.17, 15) is 15.0 Å². The van der Waals surface area contributed by atoms with E-state index in [-0.39, 0.29) is 17.6 Å². The number of aliphatic hydroxyl groups excluding tert-OH is 2. The third kappa shape index (κ3) is 3.41. The highest BCUT2D eigenvalue weighted by atomic mass is 16.3. The minimum Gasteiger partial charge on any atom is -0.393 e. The van der Waals surface area contributed by atoms with Crippen LogP contribution in [-0.4, -0.2) is 28.2 Å². The van der Waals surface area contributed by atoms with E-state index >= 15 is 0 Å². The molecule has 0 aromatic carbocycles. The van der Waals surface area contributed by atoms with E-state index in [4.69, 9.17) is 0 Å². The van der Waals surface area contributed by atoms with Gasteiger partial charge in [-0.15, -0.1) is 0 Å². The van der Waals surface area contributed by atoms with Crippen LogP contribution >= 0.6 is 0 Å². The number of hydrogen-bond acceptors (Lipinski definition) is 3. The third-order valence-electron chi connectivity index (χ3n) is 11.1. The summed E-state index contributed by atoms with van der Waals surface area (Å²) in [6.07, 6.45) is 10.4. The molecule has 0 aromatic rings. The molecule has 4 saturated carbocycles. The summed E-state index contributed by atoms with van der Waals surface area (Å²) in [4.78, 5) is 11.6. The molecule has 0 saturated heterocycles. The summed E-state index contributed by atoms with van der Waals surface area (Å²) in [5.74, 6) is 4.06. The zero-order valence-corrected chi connectivity index (χ0v) is 20.1. The van der Waals surface area contributed by atoms with Gasteiger partial charge in [-0.1, -0.05) is 34.1 Å². The van der Waals surface area contributed by atoms with Crippen molar-refractivity contribution in [2.24, 2.45) is 52.3 Å². The molecule has 11 atom stereocenters. The largest absolute Gasteiger partial charge is 0.393 e. The lowest BCUT2D eigenvalue weighted by Gasteiger charge is -2.64. The zero-order chi connectivity index (χ0) is 21.8. The van der Waals surface area contributed by atoms with Gasteiger partial charge in [0.1, 0.15) is 5.78 Å². The number of rotatable bonds is 5. The molecular weight excluding hydrogens is 372 g/mol. The maximum atomic E-state index is 11.7. The molecule has 30 heavy (non-hydrogen) atoms. The SMILES string of the molecule is CC[C@H]1[C@H](O)[C@@H]2[C@H](CC[C@]3(C)[C@@H]([C@H](C)CCC(C)=O)CC[C@@H]23)[C@@]2(C)CC[C@@H](O)C[C@@H]12. The average Bonchev–Trinajstić information content (AvgIpc) is 3.05. The van der Waals surface area contributed by atoms with Crippen molar-refractivity contribution in [1.82, 2.24) is 0 Å². The summed E-state index contributed by atoms with van der Waals surface area (Å²) in [5.41, 5.74) is 0.595. The number of carbonyl (C=O) groups excluding carboxylic acids is 1. The predicted molar refractivity (Wildman–Crippen MR) is 121 cm³/mol. The van der Waals surface area contributed by atoms with Crippen molar-refractivity contribution in [3.63, 3.8) is 0 Å². The molecule has 2 N–H and O–H groups in total. The Kier molecular flexibility index (Phi) is 6.21. The molecule has 0 radical (unpaired) electrons. The standard InChI is InChI=1S/C27H46O3/c1-6-19-23-15-18(29)11-13-27(23,5)22-12-14-26(4)20(16(2)7-8-17(3)28)9-10-21(26)24(22)25(19)30/h16,18-25,29-30H,6-15H2,1-5H3/t16-,18-,19-,20-,21+,22+,23+,24+,25+,26-,27-/m1/s1. The highest BCUT2D eigenvalue weighted by Gasteiger charge is 2.64. The predicted octanol–water partition coefficient (Wildman–Crippen LogP) is 5.62. The molecule has 0 aromatic heterocycles. The van der Waals surface area contributed by atoms with Gasteiger partial charge in [0.25, 0.3) is 0 Å². The molecule has 4 aliphatic carbocycles. The van der Waals surface area contributed by atoms with Crippen molar-refractivity contribution in [2.45, 2.75) is 111 Å². The van der Waals surface area contributed by atoms with Crippen molar-refractivity contribution in [3.8, 4) is 0 Å². The molecule has 0 aliphatic heterocycles.